The highest BCUT2D eigenvalue weighted by molar-refractivity contribution is 5.97. The fraction of sp³-hybridized carbons (Fsp3) is 0.654. The fourth-order valence-electron chi connectivity index (χ4n) is 5.06. The van der Waals surface area contributed by atoms with E-state index in [0.717, 1.165) is 50.6 Å². The number of ketones is 1. The van der Waals surface area contributed by atoms with Crippen molar-refractivity contribution in [2.24, 2.45) is 5.92 Å². The smallest absolute Gasteiger partial charge is 0.251 e. The van der Waals surface area contributed by atoms with Crippen molar-refractivity contribution in [1.29, 1.82) is 0 Å². The lowest BCUT2D eigenvalue weighted by Crippen LogP contribution is -2.45. The van der Waals surface area contributed by atoms with Gasteiger partial charge in [-0.3, -0.25) is 14.4 Å². The molecule has 1 aromatic rings. The van der Waals surface area contributed by atoms with E-state index in [-0.39, 0.29) is 35.5 Å². The summed E-state index contributed by atoms with van der Waals surface area (Å²) in [6.45, 7) is 7.48. The first-order valence-corrected chi connectivity index (χ1v) is 12.3. The van der Waals surface area contributed by atoms with E-state index < -0.39 is 6.04 Å². The Morgan fingerprint density at radius 2 is 1.81 bits per heavy atom. The van der Waals surface area contributed by atoms with Crippen LogP contribution in [0.15, 0.2) is 24.3 Å². The monoisotopic (exact) mass is 441 g/mol. The number of benzene rings is 1. The van der Waals surface area contributed by atoms with E-state index in [4.69, 9.17) is 0 Å². The third kappa shape index (κ3) is 6.64. The average Bonchev–Trinajstić information content (AvgIpc) is 2.81. The molecule has 176 valence electrons. The number of nitrogens with one attached hydrogen (secondary N) is 2. The zero-order valence-electron chi connectivity index (χ0n) is 19.9. The van der Waals surface area contributed by atoms with Crippen molar-refractivity contribution >= 4 is 17.6 Å². The van der Waals surface area contributed by atoms with Gasteiger partial charge in [0.2, 0.25) is 5.91 Å². The zero-order chi connectivity index (χ0) is 23.1. The van der Waals surface area contributed by atoms with Crippen molar-refractivity contribution in [3.8, 4) is 0 Å². The van der Waals surface area contributed by atoms with Crippen LogP contribution < -0.4 is 10.6 Å². The van der Waals surface area contributed by atoms with Gasteiger partial charge in [0.05, 0.1) is 12.6 Å². The van der Waals surface area contributed by atoms with E-state index in [2.05, 4.69) is 10.6 Å². The Morgan fingerprint density at radius 1 is 1.06 bits per heavy atom. The van der Waals surface area contributed by atoms with Gasteiger partial charge in [0.15, 0.2) is 5.78 Å². The van der Waals surface area contributed by atoms with Crippen LogP contribution in [0, 0.1) is 5.92 Å². The van der Waals surface area contributed by atoms with E-state index >= 15 is 0 Å². The number of nitrogens with zero attached hydrogens (tertiary/aromatic N) is 1. The van der Waals surface area contributed by atoms with Gasteiger partial charge in [0.1, 0.15) is 0 Å². The molecule has 2 N–H and O–H groups in total. The van der Waals surface area contributed by atoms with Gasteiger partial charge in [-0.2, -0.15) is 0 Å². The third-order valence-corrected chi connectivity index (χ3v) is 6.90. The van der Waals surface area contributed by atoms with Crippen LogP contribution in [0.3, 0.4) is 0 Å². The maximum absolute atomic E-state index is 13.0. The SMILES string of the molecule is CC(=O)[C@H](NC(=O)c1cccc(C2CCCN(C(=O)CNC(C)C)C2)c1)C1CCCCC1. The highest BCUT2D eigenvalue weighted by atomic mass is 16.2. The maximum Gasteiger partial charge on any atom is 0.251 e. The Bertz CT molecular complexity index is 801. The fourth-order valence-corrected chi connectivity index (χ4v) is 5.06. The number of hydrogen-bond acceptors (Lipinski definition) is 4. The number of carbonyl (C=O) groups is 3. The van der Waals surface area contributed by atoms with Gasteiger partial charge < -0.3 is 15.5 Å². The van der Waals surface area contributed by atoms with E-state index in [9.17, 15) is 14.4 Å². The highest BCUT2D eigenvalue weighted by Crippen LogP contribution is 2.29. The lowest BCUT2D eigenvalue weighted by molar-refractivity contribution is -0.131. The molecule has 1 unspecified atom stereocenters. The number of Topliss-reactive ketones (excluding diaryl/α,β-unsaturated/α-hetero) is 1. The molecule has 1 saturated carbocycles. The molecule has 1 saturated heterocycles. The van der Waals surface area contributed by atoms with E-state index in [1.54, 1.807) is 6.92 Å². The minimum Gasteiger partial charge on any atom is -0.342 e. The number of rotatable bonds is 8. The quantitative estimate of drug-likeness (QED) is 0.645. The van der Waals surface area contributed by atoms with Crippen LogP contribution in [0.25, 0.3) is 0 Å². The summed E-state index contributed by atoms with van der Waals surface area (Å²) in [7, 11) is 0. The van der Waals surface area contributed by atoms with E-state index in [0.29, 0.717) is 18.7 Å². The summed E-state index contributed by atoms with van der Waals surface area (Å²) in [6, 6.07) is 7.60. The topological polar surface area (TPSA) is 78.5 Å². The second-order valence-electron chi connectivity index (χ2n) is 9.80. The van der Waals surface area contributed by atoms with Crippen molar-refractivity contribution in [3.63, 3.8) is 0 Å². The Kier molecular flexibility index (Phi) is 8.85. The Labute approximate surface area is 192 Å². The second kappa shape index (κ2) is 11.6. The lowest BCUT2D eigenvalue weighted by Gasteiger charge is -2.33. The van der Waals surface area contributed by atoms with Crippen LogP contribution >= 0.6 is 0 Å². The Morgan fingerprint density at radius 3 is 2.50 bits per heavy atom. The van der Waals surface area contributed by atoms with Crippen LogP contribution in [0.1, 0.15) is 87.6 Å². The van der Waals surface area contributed by atoms with Crippen LogP contribution in [0.2, 0.25) is 0 Å². The number of carbonyl (C=O) groups excluding carboxylic acids is 3. The van der Waals surface area contributed by atoms with Gasteiger partial charge in [-0.05, 0) is 56.2 Å². The highest BCUT2D eigenvalue weighted by Gasteiger charge is 2.29. The molecule has 1 aliphatic carbocycles. The normalized spacial score (nSPS) is 20.8. The Hall–Kier alpha value is -2.21. The van der Waals surface area contributed by atoms with Gasteiger partial charge in [-0.1, -0.05) is 45.2 Å². The molecule has 32 heavy (non-hydrogen) atoms. The molecule has 2 fully saturated rings. The van der Waals surface area contributed by atoms with Crippen molar-refractivity contribution in [2.75, 3.05) is 19.6 Å². The molecule has 2 aliphatic rings. The molecule has 0 aromatic heterocycles. The molecule has 0 radical (unpaired) electrons. The summed E-state index contributed by atoms with van der Waals surface area (Å²) in [6.07, 6.45) is 7.44. The first kappa shape index (κ1) is 24.4. The average molecular weight is 442 g/mol. The van der Waals surface area contributed by atoms with Gasteiger partial charge in [-0.25, -0.2) is 0 Å². The largest absolute Gasteiger partial charge is 0.342 e. The second-order valence-corrected chi connectivity index (χ2v) is 9.80. The van der Waals surface area contributed by atoms with Crippen LogP contribution in [-0.4, -0.2) is 54.2 Å². The Balaban J connectivity index is 1.65. The first-order chi connectivity index (χ1) is 15.3. The summed E-state index contributed by atoms with van der Waals surface area (Å²) in [5, 5.41) is 6.23. The van der Waals surface area contributed by atoms with E-state index in [1.807, 2.05) is 43.0 Å². The summed E-state index contributed by atoms with van der Waals surface area (Å²) in [4.78, 5) is 39.8. The van der Waals surface area contributed by atoms with Gasteiger partial charge >= 0.3 is 0 Å². The van der Waals surface area contributed by atoms with Gasteiger partial charge in [-0.15, -0.1) is 0 Å². The van der Waals surface area contributed by atoms with Crippen LogP contribution in [0.4, 0.5) is 0 Å². The molecule has 2 amide bonds. The standard InChI is InChI=1S/C26H39N3O3/c1-18(2)27-16-24(31)29-14-8-13-23(17-29)21-11-7-12-22(15-21)26(32)28-25(19(3)30)20-9-5-4-6-10-20/h7,11-12,15,18,20,23,25,27H,4-6,8-10,13-14,16-17H2,1-3H3,(H,28,32)/t23?,25-/m0/s1. The van der Waals surface area contributed by atoms with Crippen LogP contribution in [0.5, 0.6) is 0 Å². The minimum absolute atomic E-state index is 0.0397. The van der Waals surface area contributed by atoms with E-state index in [1.165, 1.54) is 6.42 Å². The molecule has 1 aromatic carbocycles. The maximum atomic E-state index is 13.0. The molecular formula is C26H39N3O3. The predicted molar refractivity (Wildman–Crippen MR) is 127 cm³/mol. The lowest BCUT2D eigenvalue weighted by atomic mass is 9.82. The van der Waals surface area contributed by atoms with Crippen molar-refractivity contribution < 1.29 is 14.4 Å². The predicted octanol–water partition coefficient (Wildman–Crippen LogP) is 3.66. The molecule has 1 heterocycles. The summed E-state index contributed by atoms with van der Waals surface area (Å²) in [5.41, 5.74) is 1.68. The minimum atomic E-state index is -0.400. The van der Waals surface area contributed by atoms with Crippen molar-refractivity contribution in [2.45, 2.75) is 83.7 Å². The number of hydrogen-bond donors (Lipinski definition) is 2. The number of likely N-dealkylation sites (tertiary alicyclic amines) is 1. The summed E-state index contributed by atoms with van der Waals surface area (Å²) < 4.78 is 0. The summed E-state index contributed by atoms with van der Waals surface area (Å²) >= 11 is 0. The molecule has 0 spiro atoms. The van der Waals surface area contributed by atoms with Crippen LogP contribution in [-0.2, 0) is 9.59 Å². The molecule has 6 nitrogen and oxygen atoms in total. The number of amides is 2. The molecule has 0 bridgehead atoms. The van der Waals surface area contributed by atoms with Crippen molar-refractivity contribution in [1.82, 2.24) is 15.5 Å². The van der Waals surface area contributed by atoms with Crippen molar-refractivity contribution in [3.05, 3.63) is 35.4 Å². The molecular weight excluding hydrogens is 402 g/mol. The third-order valence-electron chi connectivity index (χ3n) is 6.90. The molecule has 6 heteroatoms. The zero-order valence-corrected chi connectivity index (χ0v) is 19.9. The van der Waals surface area contributed by atoms with Gasteiger partial charge in [0, 0.05) is 30.6 Å². The first-order valence-electron chi connectivity index (χ1n) is 12.3. The summed E-state index contributed by atoms with van der Waals surface area (Å²) in [5.74, 6) is 0.460. The molecule has 1 aliphatic heterocycles. The molecule has 3 rings (SSSR count). The molecule has 2 atom stereocenters. The number of piperidine rings is 1. The van der Waals surface area contributed by atoms with Gasteiger partial charge in [0.25, 0.3) is 5.91 Å².